The van der Waals surface area contributed by atoms with Crippen molar-refractivity contribution in [1.29, 1.82) is 0 Å². The van der Waals surface area contributed by atoms with Crippen molar-refractivity contribution in [3.05, 3.63) is 64.2 Å². The molecule has 0 aromatic heterocycles. The van der Waals surface area contributed by atoms with Crippen LogP contribution in [0.2, 0.25) is 0 Å². The quantitative estimate of drug-likeness (QED) is 0.0932. The largest absolute Gasteiger partial charge is 0.496 e. The summed E-state index contributed by atoms with van der Waals surface area (Å²) in [4.78, 5) is 14.4. The molecule has 0 amide bonds. The molecule has 2 rings (SSSR count). The Morgan fingerprint density at radius 3 is 2.56 bits per heavy atom. The molecule has 0 fully saturated rings. The Labute approximate surface area is 205 Å². The molecular formula is C20H28IN5O5S. The Balaban J connectivity index is 0.00000512. The molecule has 32 heavy (non-hydrogen) atoms. The number of benzene rings is 2. The van der Waals surface area contributed by atoms with Crippen LogP contribution in [0.15, 0.2) is 58.4 Å². The van der Waals surface area contributed by atoms with E-state index >= 15 is 0 Å². The highest BCUT2D eigenvalue weighted by Gasteiger charge is 2.16. The molecule has 0 aliphatic carbocycles. The molecule has 0 heterocycles. The monoisotopic (exact) mass is 577 g/mol. The van der Waals surface area contributed by atoms with Crippen molar-refractivity contribution in [2.24, 2.45) is 4.99 Å². The summed E-state index contributed by atoms with van der Waals surface area (Å²) in [5.41, 5.74) is 0.785. The maximum Gasteiger partial charge on any atom is 0.270 e. The van der Waals surface area contributed by atoms with Crippen LogP contribution >= 0.6 is 24.0 Å². The molecule has 0 unspecified atom stereocenters. The van der Waals surface area contributed by atoms with Crippen molar-refractivity contribution in [3.63, 3.8) is 0 Å². The third-order valence-electron chi connectivity index (χ3n) is 4.24. The summed E-state index contributed by atoms with van der Waals surface area (Å²) >= 11 is 0. The van der Waals surface area contributed by atoms with Gasteiger partial charge in [-0.2, -0.15) is 0 Å². The molecule has 0 aliphatic rings. The van der Waals surface area contributed by atoms with Gasteiger partial charge in [-0.1, -0.05) is 24.3 Å². The fraction of sp³-hybridized carbons (Fsp3) is 0.350. The molecule has 0 saturated carbocycles. The highest BCUT2D eigenvalue weighted by atomic mass is 127. The molecule has 0 spiro atoms. The first-order valence-electron chi connectivity index (χ1n) is 9.75. The molecule has 2 aromatic rings. The van der Waals surface area contributed by atoms with Gasteiger partial charge in [0, 0.05) is 31.8 Å². The van der Waals surface area contributed by atoms with Crippen LogP contribution in [0.4, 0.5) is 5.69 Å². The number of hydrogen-bond acceptors (Lipinski definition) is 6. The van der Waals surface area contributed by atoms with E-state index in [1.54, 1.807) is 7.11 Å². The number of para-hydroxylation sites is 1. The van der Waals surface area contributed by atoms with Crippen molar-refractivity contribution < 1.29 is 18.1 Å². The highest BCUT2D eigenvalue weighted by molar-refractivity contribution is 14.0. The average Bonchev–Trinajstić information content (AvgIpc) is 2.77. The van der Waals surface area contributed by atoms with Gasteiger partial charge in [0.2, 0.25) is 10.0 Å². The minimum Gasteiger partial charge on any atom is -0.496 e. The van der Waals surface area contributed by atoms with E-state index < -0.39 is 14.9 Å². The van der Waals surface area contributed by atoms with E-state index in [2.05, 4.69) is 20.3 Å². The van der Waals surface area contributed by atoms with Gasteiger partial charge in [-0.15, -0.1) is 24.0 Å². The summed E-state index contributed by atoms with van der Waals surface area (Å²) in [7, 11) is -2.23. The summed E-state index contributed by atoms with van der Waals surface area (Å²) in [6.07, 6.45) is 0.730. The number of methoxy groups -OCH3 is 1. The number of nitro benzene ring substituents is 1. The highest BCUT2D eigenvalue weighted by Crippen LogP contribution is 2.18. The molecule has 12 heteroatoms. The van der Waals surface area contributed by atoms with Gasteiger partial charge < -0.3 is 15.4 Å². The predicted octanol–water partition coefficient (Wildman–Crippen LogP) is 2.30. The topological polar surface area (TPSA) is 135 Å². The van der Waals surface area contributed by atoms with Gasteiger partial charge in [-0.3, -0.25) is 15.1 Å². The molecule has 0 aliphatic heterocycles. The van der Waals surface area contributed by atoms with Crippen LogP contribution in [-0.2, 0) is 16.4 Å². The predicted molar refractivity (Wildman–Crippen MR) is 134 cm³/mol. The Morgan fingerprint density at radius 1 is 1.12 bits per heavy atom. The van der Waals surface area contributed by atoms with Gasteiger partial charge in [-0.05, 0) is 31.0 Å². The number of hydrogen-bond donors (Lipinski definition) is 3. The van der Waals surface area contributed by atoms with Crippen molar-refractivity contribution in [2.75, 3.05) is 33.3 Å². The zero-order valence-electron chi connectivity index (χ0n) is 17.9. The Kier molecular flexibility index (Phi) is 11.9. The minimum atomic E-state index is -3.87. The van der Waals surface area contributed by atoms with Crippen LogP contribution in [0.1, 0.15) is 12.5 Å². The smallest absolute Gasteiger partial charge is 0.270 e. The van der Waals surface area contributed by atoms with Gasteiger partial charge >= 0.3 is 0 Å². The van der Waals surface area contributed by atoms with Crippen molar-refractivity contribution in [1.82, 2.24) is 15.4 Å². The lowest BCUT2D eigenvalue weighted by molar-refractivity contribution is -0.385. The zero-order chi connectivity index (χ0) is 22.7. The summed E-state index contributed by atoms with van der Waals surface area (Å²) in [5.74, 6) is 1.38. The zero-order valence-corrected chi connectivity index (χ0v) is 21.1. The summed E-state index contributed by atoms with van der Waals surface area (Å²) in [5, 5.41) is 17.1. The molecule has 2 aromatic carbocycles. The number of ether oxygens (including phenoxy) is 1. The molecule has 0 saturated heterocycles. The number of nitrogens with zero attached hydrogens (tertiary/aromatic N) is 2. The van der Waals surface area contributed by atoms with E-state index in [1.807, 2.05) is 31.2 Å². The standard InChI is InChI=1S/C20H27N5O5S.HI/c1-3-21-20(22-12-11-16-7-4-5-10-19(16)30-2)23-13-14-24-31(28,29)18-9-6-8-17(15-18)25(26)27;/h4-10,15,24H,3,11-14H2,1-2H3,(H2,21,22,23);1H. The van der Waals surface area contributed by atoms with Gasteiger partial charge in [0.15, 0.2) is 5.96 Å². The van der Waals surface area contributed by atoms with Crippen molar-refractivity contribution >= 4 is 45.6 Å². The lowest BCUT2D eigenvalue weighted by Crippen LogP contribution is -2.39. The normalized spacial score (nSPS) is 11.4. The van der Waals surface area contributed by atoms with E-state index in [-0.39, 0.29) is 47.6 Å². The van der Waals surface area contributed by atoms with E-state index in [1.165, 1.54) is 18.2 Å². The van der Waals surface area contributed by atoms with Crippen LogP contribution in [0, 0.1) is 10.1 Å². The van der Waals surface area contributed by atoms with Crippen molar-refractivity contribution in [3.8, 4) is 5.75 Å². The molecular weight excluding hydrogens is 549 g/mol. The maximum atomic E-state index is 12.3. The number of aliphatic imine (C=N–C) groups is 1. The molecule has 10 nitrogen and oxygen atoms in total. The average molecular weight is 577 g/mol. The second-order valence-electron chi connectivity index (χ2n) is 6.40. The first-order valence-corrected chi connectivity index (χ1v) is 11.2. The third kappa shape index (κ3) is 8.59. The van der Waals surface area contributed by atoms with Crippen LogP contribution in [0.25, 0.3) is 0 Å². The van der Waals surface area contributed by atoms with E-state index in [9.17, 15) is 18.5 Å². The number of guanidine groups is 1. The maximum absolute atomic E-state index is 12.3. The summed E-state index contributed by atoms with van der Waals surface area (Å²) in [6, 6.07) is 12.7. The van der Waals surface area contributed by atoms with Gasteiger partial charge in [0.05, 0.1) is 23.5 Å². The lowest BCUT2D eigenvalue weighted by Gasteiger charge is -2.13. The molecule has 0 bridgehead atoms. The van der Waals surface area contributed by atoms with Crippen molar-refractivity contribution in [2.45, 2.75) is 18.2 Å². The first kappa shape index (κ1) is 27.6. The second kappa shape index (κ2) is 13.9. The minimum absolute atomic E-state index is 0. The fourth-order valence-electron chi connectivity index (χ4n) is 2.76. The van der Waals surface area contributed by atoms with Gasteiger partial charge in [0.1, 0.15) is 5.75 Å². The second-order valence-corrected chi connectivity index (χ2v) is 8.17. The number of non-ortho nitro benzene ring substituents is 1. The Morgan fingerprint density at radius 2 is 1.88 bits per heavy atom. The van der Waals surface area contributed by atoms with Gasteiger partial charge in [0.25, 0.3) is 5.69 Å². The molecule has 0 radical (unpaired) electrons. The van der Waals surface area contributed by atoms with Crippen LogP contribution in [0.5, 0.6) is 5.75 Å². The summed E-state index contributed by atoms with van der Waals surface area (Å²) < 4.78 is 32.4. The van der Waals surface area contributed by atoms with E-state index in [0.717, 1.165) is 23.8 Å². The number of rotatable bonds is 11. The van der Waals surface area contributed by atoms with E-state index in [0.29, 0.717) is 19.0 Å². The third-order valence-corrected chi connectivity index (χ3v) is 5.69. The number of halogens is 1. The summed E-state index contributed by atoms with van der Waals surface area (Å²) in [6.45, 7) is 3.44. The number of nitrogens with one attached hydrogen (secondary N) is 3. The SMILES string of the molecule is CCNC(=NCCNS(=O)(=O)c1cccc([N+](=O)[O-])c1)NCCc1ccccc1OC.I. The Bertz CT molecular complexity index is 1020. The number of sulfonamides is 1. The van der Waals surface area contributed by atoms with Crippen LogP contribution in [0.3, 0.4) is 0 Å². The lowest BCUT2D eigenvalue weighted by atomic mass is 10.1. The first-order chi connectivity index (χ1) is 14.9. The molecule has 176 valence electrons. The molecule has 3 N–H and O–H groups in total. The Hall–Kier alpha value is -2.45. The fourth-order valence-corrected chi connectivity index (χ4v) is 3.82. The molecule has 0 atom stereocenters. The van der Waals surface area contributed by atoms with Crippen LogP contribution in [-0.4, -0.2) is 52.6 Å². The number of nitro groups is 1. The van der Waals surface area contributed by atoms with E-state index in [4.69, 9.17) is 4.74 Å². The van der Waals surface area contributed by atoms with Crippen LogP contribution < -0.4 is 20.1 Å². The van der Waals surface area contributed by atoms with Gasteiger partial charge in [-0.25, -0.2) is 13.1 Å².